The van der Waals surface area contributed by atoms with Crippen LogP contribution in [0.4, 0.5) is 0 Å². The summed E-state index contributed by atoms with van der Waals surface area (Å²) in [7, 11) is 1.77. The topological polar surface area (TPSA) is 67.1 Å². The summed E-state index contributed by atoms with van der Waals surface area (Å²) in [4.78, 5) is 8.20. The molecule has 0 amide bonds. The summed E-state index contributed by atoms with van der Waals surface area (Å²) in [5.41, 5.74) is 3.38. The van der Waals surface area contributed by atoms with Crippen LogP contribution in [0.5, 0.6) is 0 Å². The second kappa shape index (κ2) is 9.77. The molecule has 0 saturated heterocycles. The van der Waals surface area contributed by atoms with Crippen molar-refractivity contribution in [3.05, 3.63) is 78.4 Å². The maximum Gasteiger partial charge on any atom is 0.191 e. The molecule has 0 atom stereocenters. The van der Waals surface area contributed by atoms with Crippen LogP contribution in [0.2, 0.25) is 0 Å². The third-order valence-corrected chi connectivity index (χ3v) is 3.61. The molecule has 0 bridgehead atoms. The molecule has 1 aromatic heterocycles. The van der Waals surface area contributed by atoms with Gasteiger partial charge in [-0.25, -0.2) is 9.67 Å². The molecule has 0 aliphatic carbocycles. The van der Waals surface area contributed by atoms with Crippen molar-refractivity contribution in [1.29, 1.82) is 0 Å². The highest BCUT2D eigenvalue weighted by Gasteiger charge is 2.00. The fourth-order valence-corrected chi connectivity index (χ4v) is 2.30. The van der Waals surface area contributed by atoms with Crippen molar-refractivity contribution in [3.63, 3.8) is 0 Å². The standard InChI is InChI=1S/C18H20N6.HI/c1-19-18(21-11-15-5-3-2-4-6-15)22-12-16-7-9-17(10-8-16)24-14-20-13-23-24;/h2-10,13-14H,11-12H2,1H3,(H2,19,21,22);1H. The zero-order valence-corrected chi connectivity index (χ0v) is 16.3. The molecule has 0 spiro atoms. The van der Waals surface area contributed by atoms with Crippen molar-refractivity contribution < 1.29 is 0 Å². The van der Waals surface area contributed by atoms with Gasteiger partial charge in [-0.15, -0.1) is 24.0 Å². The number of nitrogens with one attached hydrogen (secondary N) is 2. The number of halogens is 1. The molecule has 0 unspecified atom stereocenters. The Kier molecular flexibility index (Phi) is 7.39. The average Bonchev–Trinajstić information content (AvgIpc) is 3.18. The molecule has 6 nitrogen and oxygen atoms in total. The Morgan fingerprint density at radius 3 is 2.16 bits per heavy atom. The van der Waals surface area contributed by atoms with Gasteiger partial charge in [0.15, 0.2) is 5.96 Å². The van der Waals surface area contributed by atoms with Crippen molar-refractivity contribution in [1.82, 2.24) is 25.4 Å². The van der Waals surface area contributed by atoms with E-state index in [9.17, 15) is 0 Å². The number of aromatic nitrogens is 3. The van der Waals surface area contributed by atoms with Crippen LogP contribution in [0, 0.1) is 0 Å². The summed E-state index contributed by atoms with van der Waals surface area (Å²) < 4.78 is 1.73. The lowest BCUT2D eigenvalue weighted by Gasteiger charge is -2.12. The highest BCUT2D eigenvalue weighted by atomic mass is 127. The minimum absolute atomic E-state index is 0. The molecule has 0 aliphatic rings. The number of hydrogen-bond acceptors (Lipinski definition) is 3. The van der Waals surface area contributed by atoms with E-state index in [1.807, 2.05) is 30.3 Å². The Hall–Kier alpha value is -2.42. The monoisotopic (exact) mass is 448 g/mol. The first-order valence-corrected chi connectivity index (χ1v) is 7.77. The largest absolute Gasteiger partial charge is 0.352 e. The van der Waals surface area contributed by atoms with Crippen LogP contribution < -0.4 is 10.6 Å². The van der Waals surface area contributed by atoms with E-state index in [1.54, 1.807) is 18.1 Å². The summed E-state index contributed by atoms with van der Waals surface area (Å²) in [6, 6.07) is 18.4. The second-order valence-electron chi connectivity index (χ2n) is 5.27. The number of nitrogens with zero attached hydrogens (tertiary/aromatic N) is 4. The summed E-state index contributed by atoms with van der Waals surface area (Å²) in [6.45, 7) is 1.44. The molecule has 0 aliphatic heterocycles. The summed E-state index contributed by atoms with van der Waals surface area (Å²) in [5.74, 6) is 0.777. The van der Waals surface area contributed by atoms with Crippen LogP contribution in [0.1, 0.15) is 11.1 Å². The van der Waals surface area contributed by atoms with Gasteiger partial charge in [0.2, 0.25) is 0 Å². The summed E-state index contributed by atoms with van der Waals surface area (Å²) in [6.07, 6.45) is 3.21. The summed E-state index contributed by atoms with van der Waals surface area (Å²) in [5, 5.41) is 10.7. The van der Waals surface area contributed by atoms with Crippen molar-refractivity contribution >= 4 is 29.9 Å². The number of aliphatic imine (C=N–C) groups is 1. The second-order valence-corrected chi connectivity index (χ2v) is 5.27. The van der Waals surface area contributed by atoms with Crippen LogP contribution in [-0.2, 0) is 13.1 Å². The lowest BCUT2D eigenvalue weighted by atomic mass is 10.2. The SMILES string of the molecule is CN=C(NCc1ccccc1)NCc1ccc(-n2cncn2)cc1.I. The molecule has 2 N–H and O–H groups in total. The van der Waals surface area contributed by atoms with E-state index in [1.165, 1.54) is 17.5 Å². The van der Waals surface area contributed by atoms with Crippen LogP contribution in [0.25, 0.3) is 5.69 Å². The number of benzene rings is 2. The van der Waals surface area contributed by atoms with Crippen LogP contribution in [0.3, 0.4) is 0 Å². The molecule has 2 aromatic carbocycles. The van der Waals surface area contributed by atoms with Gasteiger partial charge in [0, 0.05) is 20.1 Å². The zero-order chi connectivity index (χ0) is 16.6. The first kappa shape index (κ1) is 18.9. The van der Waals surface area contributed by atoms with E-state index in [0.29, 0.717) is 6.54 Å². The molecule has 1 heterocycles. The van der Waals surface area contributed by atoms with Crippen molar-refractivity contribution in [2.24, 2.45) is 4.99 Å². The Morgan fingerprint density at radius 2 is 1.60 bits per heavy atom. The Morgan fingerprint density at radius 1 is 0.960 bits per heavy atom. The van der Waals surface area contributed by atoms with Crippen molar-refractivity contribution in [2.75, 3.05) is 7.05 Å². The first-order valence-electron chi connectivity index (χ1n) is 7.77. The van der Waals surface area contributed by atoms with Crippen LogP contribution in [-0.4, -0.2) is 27.8 Å². The smallest absolute Gasteiger partial charge is 0.191 e. The van der Waals surface area contributed by atoms with Crippen molar-refractivity contribution in [3.8, 4) is 5.69 Å². The number of rotatable bonds is 5. The van der Waals surface area contributed by atoms with E-state index in [2.05, 4.69) is 50.0 Å². The molecule has 0 saturated carbocycles. The molecule has 0 fully saturated rings. The van der Waals surface area contributed by atoms with Gasteiger partial charge in [0.25, 0.3) is 0 Å². The zero-order valence-electron chi connectivity index (χ0n) is 14.0. The minimum atomic E-state index is 0. The molecular weight excluding hydrogens is 427 g/mol. The predicted molar refractivity (Wildman–Crippen MR) is 110 cm³/mol. The molecule has 0 radical (unpaired) electrons. The number of hydrogen-bond donors (Lipinski definition) is 2. The van der Waals surface area contributed by atoms with Gasteiger partial charge < -0.3 is 10.6 Å². The fourth-order valence-electron chi connectivity index (χ4n) is 2.30. The molecule has 3 rings (SSSR count). The van der Waals surface area contributed by atoms with Crippen LogP contribution in [0.15, 0.2) is 72.2 Å². The summed E-state index contributed by atoms with van der Waals surface area (Å²) >= 11 is 0. The minimum Gasteiger partial charge on any atom is -0.352 e. The highest BCUT2D eigenvalue weighted by molar-refractivity contribution is 14.0. The Labute approximate surface area is 164 Å². The first-order chi connectivity index (χ1) is 11.8. The van der Waals surface area contributed by atoms with Gasteiger partial charge in [0.1, 0.15) is 12.7 Å². The van der Waals surface area contributed by atoms with Gasteiger partial charge in [0.05, 0.1) is 5.69 Å². The molecule has 3 aromatic rings. The van der Waals surface area contributed by atoms with Gasteiger partial charge in [-0.2, -0.15) is 5.10 Å². The normalized spacial score (nSPS) is 10.8. The average molecular weight is 448 g/mol. The molecule has 25 heavy (non-hydrogen) atoms. The fraction of sp³-hybridized carbons (Fsp3) is 0.167. The third kappa shape index (κ3) is 5.56. The van der Waals surface area contributed by atoms with Gasteiger partial charge in [-0.3, -0.25) is 4.99 Å². The predicted octanol–water partition coefficient (Wildman–Crippen LogP) is 2.75. The van der Waals surface area contributed by atoms with E-state index < -0.39 is 0 Å². The Balaban J connectivity index is 0.00000225. The highest BCUT2D eigenvalue weighted by Crippen LogP contribution is 2.07. The maximum absolute atomic E-state index is 4.25. The lowest BCUT2D eigenvalue weighted by Crippen LogP contribution is -2.36. The van der Waals surface area contributed by atoms with E-state index in [-0.39, 0.29) is 24.0 Å². The van der Waals surface area contributed by atoms with Gasteiger partial charge >= 0.3 is 0 Å². The maximum atomic E-state index is 4.25. The van der Waals surface area contributed by atoms with E-state index in [0.717, 1.165) is 18.2 Å². The van der Waals surface area contributed by atoms with Gasteiger partial charge in [-0.1, -0.05) is 42.5 Å². The van der Waals surface area contributed by atoms with Crippen molar-refractivity contribution in [2.45, 2.75) is 13.1 Å². The molecular formula is C18H21IN6. The third-order valence-electron chi connectivity index (χ3n) is 3.61. The Bertz CT molecular complexity index is 769. The molecule has 130 valence electrons. The van der Waals surface area contributed by atoms with Gasteiger partial charge in [-0.05, 0) is 23.3 Å². The molecule has 7 heteroatoms. The lowest BCUT2D eigenvalue weighted by molar-refractivity contribution is 0.808. The quantitative estimate of drug-likeness (QED) is 0.358. The number of guanidine groups is 1. The van der Waals surface area contributed by atoms with E-state index >= 15 is 0 Å². The van der Waals surface area contributed by atoms with E-state index in [4.69, 9.17) is 0 Å². The van der Waals surface area contributed by atoms with Crippen LogP contribution >= 0.6 is 24.0 Å².